The van der Waals surface area contributed by atoms with Gasteiger partial charge in [0.25, 0.3) is 0 Å². The molecule has 2 rings (SSSR count). The van der Waals surface area contributed by atoms with Crippen LogP contribution in [0.3, 0.4) is 0 Å². The number of hydrogen-bond donors (Lipinski definition) is 2. The summed E-state index contributed by atoms with van der Waals surface area (Å²) in [7, 11) is 0. The molecule has 1 aliphatic rings. The molecule has 1 aromatic rings. The van der Waals surface area contributed by atoms with E-state index in [0.29, 0.717) is 5.82 Å². The zero-order valence-electron chi connectivity index (χ0n) is 9.57. The highest BCUT2D eigenvalue weighted by molar-refractivity contribution is 5.34. The average molecular weight is 222 g/mol. The van der Waals surface area contributed by atoms with E-state index in [-0.39, 0.29) is 6.10 Å². The predicted molar refractivity (Wildman–Crippen MR) is 61.8 cm³/mol. The number of aromatic nitrogens is 2. The molecule has 0 radical (unpaired) electrons. The van der Waals surface area contributed by atoms with Crippen LogP contribution in [0.25, 0.3) is 0 Å². The highest BCUT2D eigenvalue weighted by atomic mass is 16.5. The van der Waals surface area contributed by atoms with Crippen molar-refractivity contribution in [3.8, 4) is 0 Å². The molecular formula is C11H18N4O. The van der Waals surface area contributed by atoms with Crippen LogP contribution in [-0.2, 0) is 11.2 Å². The fourth-order valence-electron chi connectivity index (χ4n) is 1.90. The van der Waals surface area contributed by atoms with Crippen molar-refractivity contribution in [1.82, 2.24) is 9.97 Å². The summed E-state index contributed by atoms with van der Waals surface area (Å²) >= 11 is 0. The van der Waals surface area contributed by atoms with Gasteiger partial charge in [-0.2, -0.15) is 0 Å². The molecule has 1 aliphatic heterocycles. The van der Waals surface area contributed by atoms with E-state index in [2.05, 4.69) is 22.3 Å². The van der Waals surface area contributed by atoms with E-state index in [1.165, 1.54) is 0 Å². The van der Waals surface area contributed by atoms with Gasteiger partial charge in [-0.1, -0.05) is 13.3 Å². The molecule has 1 unspecified atom stereocenters. The van der Waals surface area contributed by atoms with Crippen LogP contribution in [-0.4, -0.2) is 16.6 Å². The molecule has 5 heteroatoms. The maximum atomic E-state index is 5.58. The Labute approximate surface area is 95.4 Å². The van der Waals surface area contributed by atoms with Crippen molar-refractivity contribution < 1.29 is 4.74 Å². The molecule has 0 saturated carbocycles. The van der Waals surface area contributed by atoms with E-state index >= 15 is 0 Å². The summed E-state index contributed by atoms with van der Waals surface area (Å²) in [5.41, 5.74) is 3.61. The second-order valence-corrected chi connectivity index (χ2v) is 4.00. The van der Waals surface area contributed by atoms with Crippen molar-refractivity contribution in [1.29, 1.82) is 0 Å². The standard InChI is InChI=1S/C11H18N4O/c1-2-4-8-7-10(15-12)14-11(13-8)9-5-3-6-16-9/h7,9H,2-6,12H2,1H3,(H,13,14,15). The van der Waals surface area contributed by atoms with Crippen LogP contribution in [0.1, 0.15) is 43.8 Å². The van der Waals surface area contributed by atoms with Gasteiger partial charge in [0.05, 0.1) is 0 Å². The van der Waals surface area contributed by atoms with Crippen molar-refractivity contribution in [3.05, 3.63) is 17.6 Å². The summed E-state index contributed by atoms with van der Waals surface area (Å²) in [4.78, 5) is 8.87. The van der Waals surface area contributed by atoms with Crippen LogP contribution in [0, 0.1) is 0 Å². The number of hydrazine groups is 1. The van der Waals surface area contributed by atoms with Gasteiger partial charge < -0.3 is 10.2 Å². The van der Waals surface area contributed by atoms with E-state index in [1.54, 1.807) is 0 Å². The van der Waals surface area contributed by atoms with E-state index in [4.69, 9.17) is 10.6 Å². The van der Waals surface area contributed by atoms with E-state index < -0.39 is 0 Å². The van der Waals surface area contributed by atoms with Gasteiger partial charge in [0.2, 0.25) is 0 Å². The second-order valence-electron chi connectivity index (χ2n) is 4.00. The third kappa shape index (κ3) is 2.48. The Morgan fingerprint density at radius 2 is 2.44 bits per heavy atom. The highest BCUT2D eigenvalue weighted by Gasteiger charge is 2.21. The molecule has 2 heterocycles. The van der Waals surface area contributed by atoms with Crippen LogP contribution in [0.2, 0.25) is 0 Å². The smallest absolute Gasteiger partial charge is 0.159 e. The fourth-order valence-corrected chi connectivity index (χ4v) is 1.90. The van der Waals surface area contributed by atoms with Gasteiger partial charge >= 0.3 is 0 Å². The SMILES string of the molecule is CCCc1cc(NN)nc(C2CCCO2)n1. The lowest BCUT2D eigenvalue weighted by atomic mass is 10.2. The third-order valence-corrected chi connectivity index (χ3v) is 2.67. The molecule has 16 heavy (non-hydrogen) atoms. The van der Waals surface area contributed by atoms with Crippen LogP contribution in [0.15, 0.2) is 6.07 Å². The zero-order valence-corrected chi connectivity index (χ0v) is 9.57. The molecule has 88 valence electrons. The zero-order chi connectivity index (χ0) is 11.4. The number of nitrogens with two attached hydrogens (primary N) is 1. The minimum atomic E-state index is 0.0453. The summed E-state index contributed by atoms with van der Waals surface area (Å²) in [6.45, 7) is 2.93. The molecule has 3 N–H and O–H groups in total. The van der Waals surface area contributed by atoms with E-state index in [9.17, 15) is 0 Å². The monoisotopic (exact) mass is 222 g/mol. The molecule has 0 amide bonds. The molecule has 1 atom stereocenters. The quantitative estimate of drug-likeness (QED) is 0.597. The normalized spacial score (nSPS) is 20.0. The summed E-state index contributed by atoms with van der Waals surface area (Å²) in [5, 5.41) is 0. The van der Waals surface area contributed by atoms with Crippen LogP contribution in [0.4, 0.5) is 5.82 Å². The largest absolute Gasteiger partial charge is 0.370 e. The Hall–Kier alpha value is -1.20. The number of anilines is 1. The van der Waals surface area contributed by atoms with Gasteiger partial charge in [0.1, 0.15) is 11.9 Å². The van der Waals surface area contributed by atoms with Gasteiger partial charge in [-0.05, 0) is 19.3 Å². The topological polar surface area (TPSA) is 73.1 Å². The van der Waals surface area contributed by atoms with Gasteiger partial charge in [-0.15, -0.1) is 0 Å². The number of rotatable bonds is 4. The number of hydrogen-bond acceptors (Lipinski definition) is 5. The maximum absolute atomic E-state index is 5.58. The molecule has 0 spiro atoms. The lowest BCUT2D eigenvalue weighted by Gasteiger charge is -2.11. The lowest BCUT2D eigenvalue weighted by Crippen LogP contribution is -2.13. The minimum Gasteiger partial charge on any atom is -0.370 e. The molecular weight excluding hydrogens is 204 g/mol. The first-order chi connectivity index (χ1) is 7.83. The number of ether oxygens (including phenoxy) is 1. The van der Waals surface area contributed by atoms with Crippen molar-refractivity contribution in [2.24, 2.45) is 5.84 Å². The molecule has 5 nitrogen and oxygen atoms in total. The fraction of sp³-hybridized carbons (Fsp3) is 0.636. The Kier molecular flexibility index (Phi) is 3.69. The van der Waals surface area contributed by atoms with Gasteiger partial charge in [0, 0.05) is 18.4 Å². The molecule has 1 aromatic heterocycles. The number of nitrogens with zero attached hydrogens (tertiary/aromatic N) is 2. The Bertz CT molecular complexity index is 350. The second kappa shape index (κ2) is 5.23. The van der Waals surface area contributed by atoms with Gasteiger partial charge in [-0.3, -0.25) is 0 Å². The summed E-state index contributed by atoms with van der Waals surface area (Å²) in [6, 6.07) is 1.89. The van der Waals surface area contributed by atoms with Crippen LogP contribution in [0.5, 0.6) is 0 Å². The molecule has 0 bridgehead atoms. The number of aryl methyl sites for hydroxylation is 1. The Morgan fingerprint density at radius 1 is 1.56 bits per heavy atom. The number of nitrogen functional groups attached to an aromatic ring is 1. The summed E-state index contributed by atoms with van der Waals surface area (Å²) < 4.78 is 5.58. The summed E-state index contributed by atoms with van der Waals surface area (Å²) in [6.07, 6.45) is 4.13. The molecule has 1 fully saturated rings. The highest BCUT2D eigenvalue weighted by Crippen LogP contribution is 2.26. The third-order valence-electron chi connectivity index (χ3n) is 2.67. The first-order valence-corrected chi connectivity index (χ1v) is 5.79. The van der Waals surface area contributed by atoms with Crippen molar-refractivity contribution in [3.63, 3.8) is 0 Å². The van der Waals surface area contributed by atoms with Crippen LogP contribution < -0.4 is 11.3 Å². The van der Waals surface area contributed by atoms with E-state index in [1.807, 2.05) is 6.07 Å². The first kappa shape index (κ1) is 11.3. The first-order valence-electron chi connectivity index (χ1n) is 5.79. The van der Waals surface area contributed by atoms with Crippen molar-refractivity contribution in [2.75, 3.05) is 12.0 Å². The van der Waals surface area contributed by atoms with Gasteiger partial charge in [-0.25, -0.2) is 15.8 Å². The van der Waals surface area contributed by atoms with Gasteiger partial charge in [0.15, 0.2) is 5.82 Å². The average Bonchev–Trinajstić information content (AvgIpc) is 2.82. The molecule has 0 aromatic carbocycles. The van der Waals surface area contributed by atoms with Crippen molar-refractivity contribution >= 4 is 5.82 Å². The Morgan fingerprint density at radius 3 is 3.06 bits per heavy atom. The molecule has 1 saturated heterocycles. The van der Waals surface area contributed by atoms with Crippen molar-refractivity contribution in [2.45, 2.75) is 38.7 Å². The Balaban J connectivity index is 2.24. The predicted octanol–water partition coefficient (Wildman–Crippen LogP) is 1.57. The van der Waals surface area contributed by atoms with E-state index in [0.717, 1.165) is 43.8 Å². The number of nitrogens with one attached hydrogen (secondary N) is 1. The minimum absolute atomic E-state index is 0.0453. The lowest BCUT2D eigenvalue weighted by molar-refractivity contribution is 0.105. The summed E-state index contributed by atoms with van der Waals surface area (Å²) in [5.74, 6) is 6.83. The molecule has 0 aliphatic carbocycles. The van der Waals surface area contributed by atoms with Crippen LogP contribution >= 0.6 is 0 Å². The maximum Gasteiger partial charge on any atom is 0.159 e.